The number of hydrogen-bond acceptors (Lipinski definition) is 5. The second-order valence-corrected chi connectivity index (χ2v) is 10.8. The average Bonchev–Trinajstić information content (AvgIpc) is 3.22. The number of rotatable bonds is 8. The summed E-state index contributed by atoms with van der Waals surface area (Å²) in [5.41, 5.74) is 3.64. The highest BCUT2D eigenvalue weighted by atomic mass is 28.4. The van der Waals surface area contributed by atoms with Gasteiger partial charge in [-0.15, -0.1) is 0 Å². The van der Waals surface area contributed by atoms with E-state index in [0.29, 0.717) is 5.69 Å². The van der Waals surface area contributed by atoms with E-state index in [1.54, 1.807) is 30.3 Å². The zero-order chi connectivity index (χ0) is 25.0. The monoisotopic (exact) mass is 485 g/mol. The quantitative estimate of drug-likeness (QED) is 0.226. The van der Waals surface area contributed by atoms with Crippen molar-refractivity contribution in [2.75, 3.05) is 26.6 Å². The first kappa shape index (κ1) is 24.4. The molecule has 8 heteroatoms. The topological polar surface area (TPSA) is 85.5 Å². The van der Waals surface area contributed by atoms with Gasteiger partial charge in [-0.2, -0.15) is 5.26 Å². The average molecular weight is 486 g/mol. The summed E-state index contributed by atoms with van der Waals surface area (Å²) >= 11 is 0. The number of hydrogen-bond donors (Lipinski definition) is 1. The molecule has 35 heavy (non-hydrogen) atoms. The van der Waals surface area contributed by atoms with E-state index in [2.05, 4.69) is 28.9 Å². The molecule has 0 bridgehead atoms. The third-order valence-corrected chi connectivity index (χ3v) is 8.74. The standard InChI is InChI=1S/C27H27N3O4Si/c1-5-30-25-9-7-6-8-23(25)24-17-19(10-15-26(24)30)16-20(18-28)27(31)29-21-11-13-22(14-12-21)35(32-2,33-3)34-4/h6-17H,5H2,1-4H3,(H,29,31)/b20-16+. The van der Waals surface area contributed by atoms with Crippen molar-refractivity contribution in [3.05, 3.63) is 77.9 Å². The van der Waals surface area contributed by atoms with Gasteiger partial charge in [0.05, 0.1) is 0 Å². The van der Waals surface area contributed by atoms with Crippen LogP contribution in [0, 0.1) is 11.3 Å². The molecule has 0 atom stereocenters. The van der Waals surface area contributed by atoms with E-state index in [9.17, 15) is 10.1 Å². The zero-order valence-corrected chi connectivity index (χ0v) is 21.2. The molecule has 4 rings (SSSR count). The lowest BCUT2D eigenvalue weighted by molar-refractivity contribution is -0.112. The SMILES string of the molecule is CCn1c2ccccc2c2cc(/C=C(\C#N)C(=O)Nc3ccc([Si](OC)(OC)OC)cc3)ccc21. The van der Waals surface area contributed by atoms with Crippen molar-refractivity contribution in [1.29, 1.82) is 5.26 Å². The summed E-state index contributed by atoms with van der Waals surface area (Å²) in [6.45, 7) is 2.97. The molecular formula is C27H27N3O4Si. The van der Waals surface area contributed by atoms with Crippen molar-refractivity contribution in [2.24, 2.45) is 0 Å². The molecule has 0 aliphatic heterocycles. The second kappa shape index (κ2) is 10.3. The van der Waals surface area contributed by atoms with Crippen LogP contribution < -0.4 is 10.5 Å². The van der Waals surface area contributed by atoms with Crippen LogP contribution in [-0.4, -0.2) is 40.6 Å². The highest BCUT2D eigenvalue weighted by Gasteiger charge is 2.40. The Labute approximate surface area is 205 Å². The maximum Gasteiger partial charge on any atom is 0.536 e. The maximum absolute atomic E-state index is 12.9. The molecule has 0 saturated heterocycles. The number of fused-ring (bicyclic) bond motifs is 3. The Balaban J connectivity index is 1.61. The fraction of sp³-hybridized carbons (Fsp3) is 0.185. The van der Waals surface area contributed by atoms with E-state index >= 15 is 0 Å². The molecule has 1 amide bonds. The number of anilines is 1. The van der Waals surface area contributed by atoms with E-state index in [-0.39, 0.29) is 5.57 Å². The van der Waals surface area contributed by atoms with E-state index in [1.807, 2.05) is 36.4 Å². The Kier molecular flexibility index (Phi) is 7.14. The molecule has 4 aromatic rings. The molecule has 1 heterocycles. The number of aryl methyl sites for hydroxylation is 1. The summed E-state index contributed by atoms with van der Waals surface area (Å²) in [6.07, 6.45) is 1.61. The van der Waals surface area contributed by atoms with Crippen molar-refractivity contribution in [2.45, 2.75) is 13.5 Å². The fourth-order valence-corrected chi connectivity index (χ4v) is 6.16. The molecule has 0 unspecified atom stereocenters. The van der Waals surface area contributed by atoms with Crippen LogP contribution in [0.25, 0.3) is 27.9 Å². The Morgan fingerprint density at radius 2 is 1.63 bits per heavy atom. The molecule has 0 spiro atoms. The zero-order valence-electron chi connectivity index (χ0n) is 20.2. The van der Waals surface area contributed by atoms with Crippen molar-refractivity contribution in [3.63, 3.8) is 0 Å². The molecule has 3 aromatic carbocycles. The first-order chi connectivity index (χ1) is 17.0. The molecule has 178 valence electrons. The van der Waals surface area contributed by atoms with Gasteiger partial charge in [0, 0.05) is 60.6 Å². The van der Waals surface area contributed by atoms with Crippen molar-refractivity contribution < 1.29 is 18.1 Å². The van der Waals surface area contributed by atoms with Gasteiger partial charge < -0.3 is 23.2 Å². The third-order valence-electron chi connectivity index (χ3n) is 6.09. The van der Waals surface area contributed by atoms with Crippen LogP contribution in [0.3, 0.4) is 0 Å². The van der Waals surface area contributed by atoms with Gasteiger partial charge in [-0.1, -0.05) is 36.4 Å². The Morgan fingerprint density at radius 1 is 0.971 bits per heavy atom. The first-order valence-electron chi connectivity index (χ1n) is 11.2. The van der Waals surface area contributed by atoms with Gasteiger partial charge >= 0.3 is 8.80 Å². The molecule has 0 fully saturated rings. The predicted octanol–water partition coefficient (Wildman–Crippen LogP) is 4.45. The molecule has 7 nitrogen and oxygen atoms in total. The lowest BCUT2D eigenvalue weighted by atomic mass is 10.1. The summed E-state index contributed by atoms with van der Waals surface area (Å²) in [4.78, 5) is 12.9. The smallest absolute Gasteiger partial charge is 0.373 e. The van der Waals surface area contributed by atoms with Crippen LogP contribution in [0.4, 0.5) is 5.69 Å². The number of aromatic nitrogens is 1. The largest absolute Gasteiger partial charge is 0.536 e. The van der Waals surface area contributed by atoms with Crippen molar-refractivity contribution in [1.82, 2.24) is 4.57 Å². The Morgan fingerprint density at radius 3 is 2.26 bits per heavy atom. The number of nitrogens with one attached hydrogen (secondary N) is 1. The van der Waals surface area contributed by atoms with Gasteiger partial charge in [-0.25, -0.2) is 0 Å². The van der Waals surface area contributed by atoms with Crippen LogP contribution in [0.1, 0.15) is 12.5 Å². The summed E-state index contributed by atoms with van der Waals surface area (Å²) < 4.78 is 18.7. The summed E-state index contributed by atoms with van der Waals surface area (Å²) in [5.74, 6) is -0.481. The van der Waals surface area contributed by atoms with Crippen molar-refractivity contribution in [3.8, 4) is 6.07 Å². The molecule has 0 aliphatic carbocycles. The number of amides is 1. The fourth-order valence-electron chi connectivity index (χ4n) is 4.38. The molecule has 0 saturated carbocycles. The van der Waals surface area contributed by atoms with E-state index < -0.39 is 14.7 Å². The van der Waals surface area contributed by atoms with Crippen LogP contribution in [-0.2, 0) is 24.6 Å². The minimum Gasteiger partial charge on any atom is -0.373 e. The number of nitriles is 1. The molecule has 0 aliphatic rings. The molecule has 1 aromatic heterocycles. The number of benzene rings is 3. The predicted molar refractivity (Wildman–Crippen MR) is 140 cm³/mol. The van der Waals surface area contributed by atoms with Gasteiger partial charge in [-0.3, -0.25) is 4.79 Å². The number of nitrogens with zero attached hydrogens (tertiary/aromatic N) is 2. The number of carbonyl (C=O) groups excluding carboxylic acids is 1. The summed E-state index contributed by atoms with van der Waals surface area (Å²) in [6, 6.07) is 23.3. The van der Waals surface area contributed by atoms with Crippen LogP contribution in [0.15, 0.2) is 72.3 Å². The third kappa shape index (κ3) is 4.50. The van der Waals surface area contributed by atoms with Gasteiger partial charge in [0.2, 0.25) is 0 Å². The van der Waals surface area contributed by atoms with E-state index in [4.69, 9.17) is 13.3 Å². The number of para-hydroxylation sites is 1. The van der Waals surface area contributed by atoms with Crippen LogP contribution >= 0.6 is 0 Å². The van der Waals surface area contributed by atoms with E-state index in [1.165, 1.54) is 21.3 Å². The lowest BCUT2D eigenvalue weighted by Gasteiger charge is -2.24. The number of carbonyl (C=O) groups is 1. The molecule has 1 N–H and O–H groups in total. The first-order valence-corrected chi connectivity index (χ1v) is 12.9. The molecular weight excluding hydrogens is 458 g/mol. The minimum absolute atomic E-state index is 0.0158. The van der Waals surface area contributed by atoms with Crippen LogP contribution in [0.2, 0.25) is 0 Å². The van der Waals surface area contributed by atoms with Crippen LogP contribution in [0.5, 0.6) is 0 Å². The highest BCUT2D eigenvalue weighted by Crippen LogP contribution is 2.30. The Bertz CT molecular complexity index is 1440. The minimum atomic E-state index is -2.96. The summed E-state index contributed by atoms with van der Waals surface area (Å²) in [7, 11) is 1.66. The lowest BCUT2D eigenvalue weighted by Crippen LogP contribution is -2.54. The Hall–Kier alpha value is -3.74. The maximum atomic E-state index is 12.9. The van der Waals surface area contributed by atoms with Gasteiger partial charge in [0.25, 0.3) is 5.91 Å². The summed E-state index contributed by atoms with van der Waals surface area (Å²) in [5, 5.41) is 15.5. The second-order valence-electron chi connectivity index (χ2n) is 7.91. The van der Waals surface area contributed by atoms with Crippen molar-refractivity contribution >= 4 is 53.5 Å². The van der Waals surface area contributed by atoms with Gasteiger partial charge in [-0.05, 0) is 48.9 Å². The highest BCUT2D eigenvalue weighted by molar-refractivity contribution is 6.75. The molecule has 0 radical (unpaired) electrons. The van der Waals surface area contributed by atoms with E-state index in [0.717, 1.165) is 39.1 Å². The van der Waals surface area contributed by atoms with Gasteiger partial charge in [0.15, 0.2) is 0 Å². The van der Waals surface area contributed by atoms with Gasteiger partial charge in [0.1, 0.15) is 11.6 Å². The normalized spacial score (nSPS) is 12.1.